The van der Waals surface area contributed by atoms with Crippen LogP contribution in [0, 0.1) is 23.7 Å². The molecular weight excluding hydrogens is 468 g/mol. The highest BCUT2D eigenvalue weighted by molar-refractivity contribution is 5.75. The molecule has 0 radical (unpaired) electrons. The van der Waals surface area contributed by atoms with Crippen molar-refractivity contribution in [2.75, 3.05) is 6.61 Å². The number of aliphatic hydroxyl groups is 1. The molecule has 4 rings (SSSR count). The minimum absolute atomic E-state index is 0.0155. The molecule has 1 aromatic carbocycles. The van der Waals surface area contributed by atoms with Crippen molar-refractivity contribution < 1.29 is 29.3 Å². The lowest BCUT2D eigenvalue weighted by Crippen LogP contribution is -2.29. The molecular formula is C31H46O6. The number of hydrogen-bond acceptors (Lipinski definition) is 5. The van der Waals surface area contributed by atoms with Crippen LogP contribution in [0.4, 0.5) is 0 Å². The first kappa shape index (κ1) is 27.9. The third kappa shape index (κ3) is 7.95. The Kier molecular flexibility index (Phi) is 10.3. The van der Waals surface area contributed by atoms with Crippen molar-refractivity contribution in [2.45, 2.75) is 115 Å². The lowest BCUT2D eigenvalue weighted by molar-refractivity contribution is -0.151. The monoisotopic (exact) mass is 514 g/mol. The van der Waals surface area contributed by atoms with Gasteiger partial charge in [-0.1, -0.05) is 57.6 Å². The molecule has 5 atom stereocenters. The first-order valence-electron chi connectivity index (χ1n) is 14.8. The predicted molar refractivity (Wildman–Crippen MR) is 143 cm³/mol. The minimum Gasteiger partial charge on any atom is -0.482 e. The van der Waals surface area contributed by atoms with Crippen LogP contribution in [0.2, 0.25) is 0 Å². The third-order valence-electron chi connectivity index (χ3n) is 8.84. The summed E-state index contributed by atoms with van der Waals surface area (Å²) in [6.45, 7) is 1.90. The van der Waals surface area contributed by atoms with Crippen molar-refractivity contribution in [1.82, 2.24) is 0 Å². The van der Waals surface area contributed by atoms with E-state index >= 15 is 0 Å². The Bertz CT molecular complexity index is 894. The zero-order valence-electron chi connectivity index (χ0n) is 22.5. The van der Waals surface area contributed by atoms with Gasteiger partial charge in [0.1, 0.15) is 11.9 Å². The van der Waals surface area contributed by atoms with Gasteiger partial charge in [0.05, 0.1) is 12.0 Å². The van der Waals surface area contributed by atoms with Crippen LogP contribution >= 0.6 is 0 Å². The number of carbonyl (C=O) groups excluding carboxylic acids is 1. The number of unbranched alkanes of at least 4 members (excludes halogenated alkanes) is 6. The van der Waals surface area contributed by atoms with Crippen LogP contribution in [0.5, 0.6) is 5.75 Å². The fraction of sp³-hybridized carbons (Fsp3) is 0.742. The summed E-state index contributed by atoms with van der Waals surface area (Å²) in [7, 11) is 0. The summed E-state index contributed by atoms with van der Waals surface area (Å²) in [6.07, 6.45) is 15.4. The smallest absolute Gasteiger partial charge is 0.341 e. The van der Waals surface area contributed by atoms with Crippen LogP contribution in [-0.2, 0) is 27.2 Å². The number of esters is 1. The second-order valence-corrected chi connectivity index (χ2v) is 11.7. The van der Waals surface area contributed by atoms with Crippen LogP contribution in [0.15, 0.2) is 18.2 Å². The van der Waals surface area contributed by atoms with E-state index in [1.807, 2.05) is 12.1 Å². The highest BCUT2D eigenvalue weighted by Crippen LogP contribution is 2.48. The number of benzene rings is 1. The van der Waals surface area contributed by atoms with Crippen LogP contribution in [-0.4, -0.2) is 41.0 Å². The van der Waals surface area contributed by atoms with E-state index in [0.717, 1.165) is 63.4 Å². The second kappa shape index (κ2) is 13.6. The number of fused-ring (bicyclic) bond motifs is 2. The van der Waals surface area contributed by atoms with E-state index in [9.17, 15) is 14.7 Å². The minimum atomic E-state index is -0.976. The summed E-state index contributed by atoms with van der Waals surface area (Å²) in [6, 6.07) is 5.90. The van der Waals surface area contributed by atoms with Gasteiger partial charge in [0, 0.05) is 0 Å². The van der Waals surface area contributed by atoms with Gasteiger partial charge in [-0.05, 0) is 92.7 Å². The Morgan fingerprint density at radius 2 is 1.78 bits per heavy atom. The number of rotatable bonds is 16. The van der Waals surface area contributed by atoms with Gasteiger partial charge in [0.25, 0.3) is 0 Å². The number of aliphatic hydroxyl groups excluding tert-OH is 1. The molecule has 0 amide bonds. The molecule has 0 spiro atoms. The number of carboxylic acids is 1. The third-order valence-corrected chi connectivity index (χ3v) is 8.84. The summed E-state index contributed by atoms with van der Waals surface area (Å²) in [5.74, 6) is 0.768. The van der Waals surface area contributed by atoms with Crippen molar-refractivity contribution in [3.63, 3.8) is 0 Å². The topological polar surface area (TPSA) is 93.1 Å². The maximum absolute atomic E-state index is 12.5. The molecule has 0 aromatic heterocycles. The van der Waals surface area contributed by atoms with Crippen molar-refractivity contribution in [3.05, 3.63) is 29.3 Å². The number of hydrogen-bond donors (Lipinski definition) is 2. The number of carboxylic acid groups (broad SMARTS) is 1. The van der Waals surface area contributed by atoms with Crippen LogP contribution in [0.3, 0.4) is 0 Å². The standard InChI is InChI=1S/C31H46O6/c1-2-3-4-5-6-7-8-11-24(37-31(35)21-13-14-21)15-16-25-26-17-22-10-9-12-29(36-20-30(33)34)27(22)18-23(26)19-28(25)32/h9-10,12,21,23-26,28,32H,2-8,11,13-20H2,1H3,(H,33,34)/t23-,24-,25+,26-,28+/m0/s1. The molecule has 0 aliphatic heterocycles. The van der Waals surface area contributed by atoms with Gasteiger partial charge in [-0.2, -0.15) is 0 Å². The number of carbonyl (C=O) groups is 2. The van der Waals surface area contributed by atoms with Gasteiger partial charge in [0.15, 0.2) is 6.61 Å². The van der Waals surface area contributed by atoms with Gasteiger partial charge in [-0.25, -0.2) is 4.79 Å². The van der Waals surface area contributed by atoms with E-state index in [4.69, 9.17) is 14.6 Å². The largest absolute Gasteiger partial charge is 0.482 e. The molecule has 0 heterocycles. The zero-order valence-corrected chi connectivity index (χ0v) is 22.5. The van der Waals surface area contributed by atoms with E-state index in [2.05, 4.69) is 13.0 Å². The second-order valence-electron chi connectivity index (χ2n) is 11.7. The van der Waals surface area contributed by atoms with Gasteiger partial charge >= 0.3 is 11.9 Å². The highest BCUT2D eigenvalue weighted by atomic mass is 16.5. The molecule has 37 heavy (non-hydrogen) atoms. The number of aliphatic carboxylic acids is 1. The molecule has 0 bridgehead atoms. The normalized spacial score (nSPS) is 25.2. The van der Waals surface area contributed by atoms with E-state index in [1.165, 1.54) is 44.1 Å². The Hall–Kier alpha value is -2.08. The lowest BCUT2D eigenvalue weighted by atomic mass is 9.73. The molecule has 206 valence electrons. The zero-order chi connectivity index (χ0) is 26.2. The Balaban J connectivity index is 1.32. The summed E-state index contributed by atoms with van der Waals surface area (Å²) in [4.78, 5) is 23.4. The Morgan fingerprint density at radius 1 is 1.03 bits per heavy atom. The Labute approximate surface area is 222 Å². The summed E-state index contributed by atoms with van der Waals surface area (Å²) in [5.41, 5.74) is 2.32. The highest BCUT2D eigenvalue weighted by Gasteiger charge is 2.45. The quantitative estimate of drug-likeness (QED) is 0.204. The predicted octanol–water partition coefficient (Wildman–Crippen LogP) is 6.10. The van der Waals surface area contributed by atoms with Crippen LogP contribution < -0.4 is 4.74 Å². The first-order chi connectivity index (χ1) is 18.0. The van der Waals surface area contributed by atoms with E-state index < -0.39 is 5.97 Å². The molecule has 2 fully saturated rings. The van der Waals surface area contributed by atoms with Crippen molar-refractivity contribution in [1.29, 1.82) is 0 Å². The fourth-order valence-electron chi connectivity index (χ4n) is 6.63. The molecule has 0 unspecified atom stereocenters. The van der Waals surface area contributed by atoms with Crippen LogP contribution in [0.1, 0.15) is 102 Å². The molecule has 3 aliphatic carbocycles. The molecule has 1 aromatic rings. The van der Waals surface area contributed by atoms with E-state index in [-0.39, 0.29) is 36.6 Å². The maximum Gasteiger partial charge on any atom is 0.341 e. The molecule has 3 aliphatic rings. The van der Waals surface area contributed by atoms with Gasteiger partial charge in [-0.3, -0.25) is 4.79 Å². The fourth-order valence-corrected chi connectivity index (χ4v) is 6.63. The Morgan fingerprint density at radius 3 is 2.51 bits per heavy atom. The molecule has 2 N–H and O–H groups in total. The molecule has 0 saturated heterocycles. The van der Waals surface area contributed by atoms with Gasteiger partial charge < -0.3 is 19.7 Å². The van der Waals surface area contributed by atoms with Crippen LogP contribution in [0.25, 0.3) is 0 Å². The summed E-state index contributed by atoms with van der Waals surface area (Å²) in [5, 5.41) is 20.1. The van der Waals surface area contributed by atoms with Crippen molar-refractivity contribution >= 4 is 11.9 Å². The van der Waals surface area contributed by atoms with E-state index in [1.54, 1.807) is 0 Å². The lowest BCUT2D eigenvalue weighted by Gasteiger charge is -2.32. The SMILES string of the molecule is CCCCCCCCC[C@@H](CC[C@@H]1[C@H]2Cc3cccc(OCC(=O)O)c3C[C@H]2C[C@H]1O)OC(=O)C1CC1. The average molecular weight is 515 g/mol. The van der Waals surface area contributed by atoms with Gasteiger partial charge in [0.2, 0.25) is 0 Å². The van der Waals surface area contributed by atoms with Crippen molar-refractivity contribution in [3.8, 4) is 5.75 Å². The van der Waals surface area contributed by atoms with E-state index in [0.29, 0.717) is 17.6 Å². The molecule has 2 saturated carbocycles. The number of ether oxygens (including phenoxy) is 2. The first-order valence-corrected chi connectivity index (χ1v) is 14.8. The van der Waals surface area contributed by atoms with Gasteiger partial charge in [-0.15, -0.1) is 0 Å². The van der Waals surface area contributed by atoms with Crippen molar-refractivity contribution in [2.24, 2.45) is 23.7 Å². The molecule has 6 heteroatoms. The molecule has 6 nitrogen and oxygen atoms in total. The maximum atomic E-state index is 12.5. The average Bonchev–Trinajstić information content (AvgIpc) is 3.68. The summed E-state index contributed by atoms with van der Waals surface area (Å²) >= 11 is 0. The summed E-state index contributed by atoms with van der Waals surface area (Å²) < 4.78 is 11.6.